The highest BCUT2D eigenvalue weighted by Crippen LogP contribution is 2.29. The average Bonchev–Trinajstić information content (AvgIpc) is 3.68. The first-order chi connectivity index (χ1) is 17.2. The molecule has 0 saturated carbocycles. The molecule has 3 aliphatic heterocycles. The summed E-state index contributed by atoms with van der Waals surface area (Å²) >= 11 is 0. The van der Waals surface area contributed by atoms with Crippen LogP contribution >= 0.6 is 0 Å². The molecule has 3 aliphatic rings. The van der Waals surface area contributed by atoms with Crippen LogP contribution in [0, 0.1) is 0 Å². The topological polar surface area (TPSA) is 57.0 Å². The zero-order valence-corrected chi connectivity index (χ0v) is 20.0. The van der Waals surface area contributed by atoms with E-state index in [-0.39, 0.29) is 17.9 Å². The van der Waals surface area contributed by atoms with E-state index in [2.05, 4.69) is 15.9 Å². The molecule has 6 nitrogen and oxygen atoms in total. The van der Waals surface area contributed by atoms with Crippen LogP contribution in [-0.4, -0.2) is 65.3 Å². The zero-order valence-electron chi connectivity index (χ0n) is 20.0. The van der Waals surface area contributed by atoms with E-state index in [1.54, 1.807) is 12.5 Å². The summed E-state index contributed by atoms with van der Waals surface area (Å²) in [6.45, 7) is 5.27. The third-order valence-electron chi connectivity index (χ3n) is 7.75. The van der Waals surface area contributed by atoms with Crippen molar-refractivity contribution in [3.8, 4) is 11.1 Å². The van der Waals surface area contributed by atoms with E-state index in [4.69, 9.17) is 4.42 Å². The number of carbonyl (C=O) groups excluding carboxylic acids is 2. The van der Waals surface area contributed by atoms with Crippen LogP contribution in [-0.2, 0) is 13.0 Å². The molecule has 0 aliphatic carbocycles. The van der Waals surface area contributed by atoms with Gasteiger partial charge in [0.05, 0.1) is 12.5 Å². The standard InChI is InChI=1S/C29H31N3O3/c33-28(31-12-1-2-13-31)23-5-3-22(4-6-23)24-7-8-27-25(17-24)9-15-32(29(27)34)26-10-14-30(19-26)18-21-11-16-35-20-21/h3-8,11,16-17,20,26H,1-2,9-10,12-15,18-19H2/t26-/m1/s1. The highest BCUT2D eigenvalue weighted by molar-refractivity contribution is 5.98. The van der Waals surface area contributed by atoms with Crippen molar-refractivity contribution in [3.63, 3.8) is 0 Å². The van der Waals surface area contributed by atoms with Gasteiger partial charge in [0.2, 0.25) is 0 Å². The van der Waals surface area contributed by atoms with E-state index in [1.165, 1.54) is 5.56 Å². The number of fused-ring (bicyclic) bond motifs is 1. The van der Waals surface area contributed by atoms with E-state index >= 15 is 0 Å². The highest BCUT2D eigenvalue weighted by atomic mass is 16.3. The molecule has 0 radical (unpaired) electrons. The third kappa shape index (κ3) is 4.39. The Labute approximate surface area is 206 Å². The number of hydrogen-bond acceptors (Lipinski definition) is 4. The maximum Gasteiger partial charge on any atom is 0.254 e. The molecule has 6 heteroatoms. The minimum atomic E-state index is 0.125. The normalized spacial score (nSPS) is 20.5. The molecular weight excluding hydrogens is 438 g/mol. The molecule has 35 heavy (non-hydrogen) atoms. The van der Waals surface area contributed by atoms with Gasteiger partial charge in [-0.1, -0.05) is 24.3 Å². The van der Waals surface area contributed by atoms with Crippen LogP contribution in [0.5, 0.6) is 0 Å². The van der Waals surface area contributed by atoms with E-state index in [0.29, 0.717) is 0 Å². The highest BCUT2D eigenvalue weighted by Gasteiger charge is 2.34. The van der Waals surface area contributed by atoms with Gasteiger partial charge in [-0.3, -0.25) is 14.5 Å². The summed E-state index contributed by atoms with van der Waals surface area (Å²) in [6.07, 6.45) is 7.59. The van der Waals surface area contributed by atoms with Crippen LogP contribution in [0.15, 0.2) is 65.5 Å². The minimum Gasteiger partial charge on any atom is -0.472 e. The Bertz CT molecular complexity index is 1210. The van der Waals surface area contributed by atoms with Crippen LogP contribution in [0.4, 0.5) is 0 Å². The van der Waals surface area contributed by atoms with Crippen LogP contribution in [0.3, 0.4) is 0 Å². The molecule has 1 aromatic heterocycles. The van der Waals surface area contributed by atoms with E-state index in [9.17, 15) is 9.59 Å². The molecule has 0 spiro atoms. The van der Waals surface area contributed by atoms with Crippen molar-refractivity contribution in [3.05, 3.63) is 83.3 Å². The van der Waals surface area contributed by atoms with Crippen molar-refractivity contribution in [2.24, 2.45) is 0 Å². The van der Waals surface area contributed by atoms with Crippen molar-refractivity contribution < 1.29 is 14.0 Å². The van der Waals surface area contributed by atoms with Crippen LogP contribution in [0.25, 0.3) is 11.1 Å². The number of hydrogen-bond donors (Lipinski definition) is 0. The first-order valence-corrected chi connectivity index (χ1v) is 12.7. The summed E-state index contributed by atoms with van der Waals surface area (Å²) in [5.41, 5.74) is 6.05. The Balaban J connectivity index is 1.13. The molecule has 1 atom stereocenters. The van der Waals surface area contributed by atoms with Gasteiger partial charge >= 0.3 is 0 Å². The van der Waals surface area contributed by atoms with Gasteiger partial charge in [0.1, 0.15) is 0 Å². The SMILES string of the molecule is O=C(c1ccc(-c2ccc3c(c2)CCN([C@@H]2CCN(Cc4ccoc4)C2)C3=O)cc1)N1CCCC1. The fourth-order valence-corrected chi connectivity index (χ4v) is 5.79. The molecule has 0 N–H and O–H groups in total. The first kappa shape index (κ1) is 22.1. The average molecular weight is 470 g/mol. The summed E-state index contributed by atoms with van der Waals surface area (Å²) in [5, 5.41) is 0. The minimum absolute atomic E-state index is 0.125. The molecule has 180 valence electrons. The number of nitrogens with zero attached hydrogens (tertiary/aromatic N) is 3. The van der Waals surface area contributed by atoms with E-state index in [1.807, 2.05) is 47.4 Å². The summed E-state index contributed by atoms with van der Waals surface area (Å²) in [6, 6.07) is 16.4. The van der Waals surface area contributed by atoms with Gasteiger partial charge in [-0.05, 0) is 66.6 Å². The smallest absolute Gasteiger partial charge is 0.254 e. The molecule has 0 bridgehead atoms. The van der Waals surface area contributed by atoms with Crippen LogP contribution in [0.1, 0.15) is 51.1 Å². The summed E-state index contributed by atoms with van der Waals surface area (Å²) in [5.74, 6) is 0.278. The Hall–Kier alpha value is -3.38. The summed E-state index contributed by atoms with van der Waals surface area (Å²) in [7, 11) is 0. The number of furan rings is 1. The molecule has 2 aromatic carbocycles. The van der Waals surface area contributed by atoms with E-state index < -0.39 is 0 Å². The molecule has 2 amide bonds. The fourth-order valence-electron chi connectivity index (χ4n) is 5.79. The van der Waals surface area contributed by atoms with Gasteiger partial charge in [-0.15, -0.1) is 0 Å². The van der Waals surface area contributed by atoms with Crippen LogP contribution < -0.4 is 0 Å². The predicted molar refractivity (Wildman–Crippen MR) is 134 cm³/mol. The third-order valence-corrected chi connectivity index (χ3v) is 7.75. The number of amides is 2. The Morgan fingerprint density at radius 1 is 0.943 bits per heavy atom. The van der Waals surface area contributed by atoms with Gasteiger partial charge in [0.25, 0.3) is 11.8 Å². The molecule has 2 saturated heterocycles. The largest absolute Gasteiger partial charge is 0.472 e. The molecule has 2 fully saturated rings. The lowest BCUT2D eigenvalue weighted by Gasteiger charge is -2.34. The Morgan fingerprint density at radius 3 is 2.51 bits per heavy atom. The van der Waals surface area contributed by atoms with Crippen molar-refractivity contribution in [2.75, 3.05) is 32.7 Å². The van der Waals surface area contributed by atoms with Gasteiger partial charge in [0, 0.05) is 62.0 Å². The van der Waals surface area contributed by atoms with Gasteiger partial charge in [0.15, 0.2) is 0 Å². The Morgan fingerprint density at radius 2 is 1.74 bits per heavy atom. The molecule has 3 aromatic rings. The lowest BCUT2D eigenvalue weighted by atomic mass is 9.93. The number of likely N-dealkylation sites (tertiary alicyclic amines) is 2. The lowest BCUT2D eigenvalue weighted by Crippen LogP contribution is -2.45. The number of rotatable bonds is 5. The molecule has 0 unspecified atom stereocenters. The predicted octanol–water partition coefficient (Wildman–Crippen LogP) is 4.46. The molecule has 6 rings (SSSR count). The zero-order chi connectivity index (χ0) is 23.8. The monoisotopic (exact) mass is 469 g/mol. The number of benzene rings is 2. The first-order valence-electron chi connectivity index (χ1n) is 12.7. The quantitative estimate of drug-likeness (QED) is 0.554. The van der Waals surface area contributed by atoms with Crippen molar-refractivity contribution in [1.82, 2.24) is 14.7 Å². The summed E-state index contributed by atoms with van der Waals surface area (Å²) in [4.78, 5) is 32.4. The molecule has 4 heterocycles. The number of carbonyl (C=O) groups is 2. The van der Waals surface area contributed by atoms with Crippen molar-refractivity contribution >= 4 is 11.8 Å². The Kier molecular flexibility index (Phi) is 5.90. The summed E-state index contributed by atoms with van der Waals surface area (Å²) < 4.78 is 5.19. The second-order valence-corrected chi connectivity index (χ2v) is 10.0. The van der Waals surface area contributed by atoms with Gasteiger partial charge in [-0.2, -0.15) is 0 Å². The second kappa shape index (κ2) is 9.34. The van der Waals surface area contributed by atoms with Gasteiger partial charge in [-0.25, -0.2) is 0 Å². The van der Waals surface area contributed by atoms with Crippen molar-refractivity contribution in [2.45, 2.75) is 38.3 Å². The van der Waals surface area contributed by atoms with E-state index in [0.717, 1.165) is 92.8 Å². The second-order valence-electron chi connectivity index (χ2n) is 10.0. The van der Waals surface area contributed by atoms with Gasteiger partial charge < -0.3 is 14.2 Å². The maximum atomic E-state index is 13.4. The van der Waals surface area contributed by atoms with Crippen molar-refractivity contribution in [1.29, 1.82) is 0 Å². The maximum absolute atomic E-state index is 13.4. The molecular formula is C29H31N3O3. The fraction of sp³-hybridized carbons (Fsp3) is 0.379. The lowest BCUT2D eigenvalue weighted by molar-refractivity contribution is 0.0663. The van der Waals surface area contributed by atoms with Crippen LogP contribution in [0.2, 0.25) is 0 Å².